The van der Waals surface area contributed by atoms with Gasteiger partial charge in [0.1, 0.15) is 24.9 Å². The Morgan fingerprint density at radius 3 is 2.38 bits per heavy atom. The predicted molar refractivity (Wildman–Crippen MR) is 163 cm³/mol. The topological polar surface area (TPSA) is 156 Å². The number of fused-ring (bicyclic) bond motifs is 9. The Morgan fingerprint density at radius 1 is 1.06 bits per heavy atom. The molecule has 0 aromatic carbocycles. The molecule has 2 heterocycles. The summed E-state index contributed by atoms with van der Waals surface area (Å²) in [5.74, 6) is -2.93. The summed E-state index contributed by atoms with van der Waals surface area (Å²) in [5.41, 5.74) is -5.43. The summed E-state index contributed by atoms with van der Waals surface area (Å²) in [6.07, 6.45) is 0.446. The predicted octanol–water partition coefficient (Wildman–Crippen LogP) is 3.75. The zero-order chi connectivity index (χ0) is 34.3. The van der Waals surface area contributed by atoms with Gasteiger partial charge in [-0.1, -0.05) is 26.5 Å². The first kappa shape index (κ1) is 34.2. The number of rotatable bonds is 7. The Morgan fingerprint density at radius 2 is 1.74 bits per heavy atom. The molecule has 47 heavy (non-hydrogen) atoms. The third kappa shape index (κ3) is 4.49. The van der Waals surface area contributed by atoms with E-state index < -0.39 is 82.3 Å². The van der Waals surface area contributed by atoms with Gasteiger partial charge >= 0.3 is 24.1 Å². The Kier molecular flexibility index (Phi) is 8.32. The standard InChI is InChI=1S/C35H50O12/c1-9-14-43-30(39)44-19(3)33-13-11-22-25-23(10-12-31(22,6)24(33)16-42-17-33)34(40)15-18(2)27-35(47-27,29(38)41-8)32(34,7)28(46-21(5)37)26(25)45-20(4)36/h9,18-19,22-28,40H,1,10-17H2,2-8H3/t18?,19?,22?,23?,24-,25?,26?,27+,28-,31+,32+,33-,34+,35-/m0/s1. The van der Waals surface area contributed by atoms with Crippen LogP contribution in [0.5, 0.6) is 0 Å². The summed E-state index contributed by atoms with van der Waals surface area (Å²) in [7, 11) is 1.28. The highest BCUT2D eigenvalue weighted by Gasteiger charge is 2.89. The van der Waals surface area contributed by atoms with Gasteiger partial charge in [0.25, 0.3) is 0 Å². The second kappa shape index (κ2) is 11.4. The van der Waals surface area contributed by atoms with Crippen LogP contribution in [0.2, 0.25) is 0 Å². The molecule has 262 valence electrons. The van der Waals surface area contributed by atoms with Crippen LogP contribution < -0.4 is 0 Å². The van der Waals surface area contributed by atoms with Crippen molar-refractivity contribution in [2.45, 2.75) is 109 Å². The molecule has 4 saturated carbocycles. The fraction of sp³-hybridized carbons (Fsp3) is 0.829. The highest BCUT2D eigenvalue weighted by Crippen LogP contribution is 2.75. The Balaban J connectivity index is 1.45. The Labute approximate surface area is 276 Å². The molecule has 2 aliphatic heterocycles. The molecule has 6 unspecified atom stereocenters. The van der Waals surface area contributed by atoms with Crippen molar-refractivity contribution in [3.63, 3.8) is 0 Å². The Hall–Kier alpha value is -2.70. The number of carbonyl (C=O) groups is 4. The molecule has 2 saturated heterocycles. The molecular formula is C35H50O12. The van der Waals surface area contributed by atoms with Crippen LogP contribution in [-0.2, 0) is 47.5 Å². The number of carbonyl (C=O) groups excluding carboxylic acids is 4. The number of epoxide rings is 1. The second-order valence-corrected chi connectivity index (χ2v) is 15.5. The van der Waals surface area contributed by atoms with Gasteiger partial charge < -0.3 is 38.3 Å². The lowest BCUT2D eigenvalue weighted by Gasteiger charge is -2.69. The van der Waals surface area contributed by atoms with E-state index in [4.69, 9.17) is 33.2 Å². The average Bonchev–Trinajstić information content (AvgIpc) is 3.63. The summed E-state index contributed by atoms with van der Waals surface area (Å²) in [4.78, 5) is 51.9. The normalized spacial score (nSPS) is 48.1. The molecule has 0 aromatic heterocycles. The molecule has 0 bridgehead atoms. The van der Waals surface area contributed by atoms with Crippen molar-refractivity contribution in [1.82, 2.24) is 0 Å². The maximum atomic E-state index is 13.7. The van der Waals surface area contributed by atoms with Crippen molar-refractivity contribution < 1.29 is 57.4 Å². The van der Waals surface area contributed by atoms with Crippen LogP contribution in [0, 0.1) is 45.8 Å². The van der Waals surface area contributed by atoms with Crippen molar-refractivity contribution >= 4 is 24.1 Å². The fourth-order valence-electron chi connectivity index (χ4n) is 11.7. The first-order valence-electron chi connectivity index (χ1n) is 16.9. The minimum absolute atomic E-state index is 0.0205. The Bertz CT molecular complexity index is 1330. The molecule has 0 spiro atoms. The first-order valence-corrected chi connectivity index (χ1v) is 16.9. The van der Waals surface area contributed by atoms with E-state index >= 15 is 0 Å². The number of aliphatic hydroxyl groups is 1. The van der Waals surface area contributed by atoms with E-state index in [2.05, 4.69) is 13.5 Å². The summed E-state index contributed by atoms with van der Waals surface area (Å²) in [6, 6.07) is 0. The highest BCUT2D eigenvalue weighted by atomic mass is 16.7. The minimum Gasteiger partial charge on any atom is -0.467 e. The van der Waals surface area contributed by atoms with Crippen LogP contribution in [-0.4, -0.2) is 91.7 Å². The molecule has 12 nitrogen and oxygen atoms in total. The van der Waals surface area contributed by atoms with Crippen LogP contribution >= 0.6 is 0 Å². The smallest absolute Gasteiger partial charge is 0.467 e. The van der Waals surface area contributed by atoms with Crippen molar-refractivity contribution in [3.05, 3.63) is 12.7 Å². The van der Waals surface area contributed by atoms with Crippen LogP contribution in [0.1, 0.15) is 73.6 Å². The molecule has 12 heteroatoms. The van der Waals surface area contributed by atoms with Crippen LogP contribution in [0.3, 0.4) is 0 Å². The van der Waals surface area contributed by atoms with E-state index in [1.807, 2.05) is 13.8 Å². The lowest BCUT2D eigenvalue weighted by Crippen LogP contribution is -2.79. The number of hydrogen-bond acceptors (Lipinski definition) is 12. The molecule has 0 amide bonds. The van der Waals surface area contributed by atoms with Gasteiger partial charge in [0.15, 0.2) is 6.10 Å². The second-order valence-electron chi connectivity index (χ2n) is 15.5. The quantitative estimate of drug-likeness (QED) is 0.183. The van der Waals surface area contributed by atoms with Gasteiger partial charge in [-0.05, 0) is 75.0 Å². The molecule has 14 atom stereocenters. The van der Waals surface area contributed by atoms with E-state index in [0.717, 1.165) is 6.42 Å². The molecule has 6 rings (SSSR count). The number of hydrogen-bond donors (Lipinski definition) is 1. The van der Waals surface area contributed by atoms with Crippen LogP contribution in [0.15, 0.2) is 12.7 Å². The largest absolute Gasteiger partial charge is 0.508 e. The van der Waals surface area contributed by atoms with E-state index in [1.54, 1.807) is 6.92 Å². The number of ether oxygens (including phenoxy) is 7. The maximum absolute atomic E-state index is 13.7. The molecular weight excluding hydrogens is 612 g/mol. The van der Waals surface area contributed by atoms with E-state index in [0.29, 0.717) is 38.9 Å². The lowest BCUT2D eigenvalue weighted by atomic mass is 9.36. The van der Waals surface area contributed by atoms with Gasteiger partial charge in [0.05, 0.1) is 31.3 Å². The highest BCUT2D eigenvalue weighted by molar-refractivity contribution is 5.86. The zero-order valence-corrected chi connectivity index (χ0v) is 28.6. The van der Waals surface area contributed by atoms with Gasteiger partial charge in [-0.15, -0.1) is 0 Å². The molecule has 0 radical (unpaired) electrons. The van der Waals surface area contributed by atoms with Gasteiger partial charge in [-0.2, -0.15) is 0 Å². The van der Waals surface area contributed by atoms with Gasteiger partial charge in [-0.25, -0.2) is 9.59 Å². The van der Waals surface area contributed by atoms with Crippen molar-refractivity contribution in [2.75, 3.05) is 26.9 Å². The SMILES string of the molecule is C=CCOC(=O)OC(C)[C@@]12CCC3C4C(OC(C)=O)[C@H](OC(C)=O)[C@]5(C)[C@@](O)(CC(C)[C@H]6O[C@]65C(=O)OC)C4CC[C@@]3(C)[C@@H]1COC2. The van der Waals surface area contributed by atoms with E-state index in [1.165, 1.54) is 27.0 Å². The van der Waals surface area contributed by atoms with Crippen LogP contribution in [0.4, 0.5) is 4.79 Å². The fourth-order valence-corrected chi connectivity index (χ4v) is 11.7. The average molecular weight is 663 g/mol. The molecule has 6 aliphatic rings. The van der Waals surface area contributed by atoms with E-state index in [9.17, 15) is 24.3 Å². The number of methoxy groups -OCH3 is 1. The molecule has 1 N–H and O–H groups in total. The monoisotopic (exact) mass is 662 g/mol. The lowest BCUT2D eigenvalue weighted by molar-refractivity contribution is -0.313. The van der Waals surface area contributed by atoms with Crippen molar-refractivity contribution in [1.29, 1.82) is 0 Å². The summed E-state index contributed by atoms with van der Waals surface area (Å²) < 4.78 is 41.0. The van der Waals surface area contributed by atoms with Gasteiger partial charge in [0, 0.05) is 25.2 Å². The summed E-state index contributed by atoms with van der Waals surface area (Å²) >= 11 is 0. The third-order valence-electron chi connectivity index (χ3n) is 13.7. The first-order chi connectivity index (χ1) is 22.1. The van der Waals surface area contributed by atoms with Crippen molar-refractivity contribution in [3.8, 4) is 0 Å². The van der Waals surface area contributed by atoms with Gasteiger partial charge in [0.2, 0.25) is 5.60 Å². The molecule has 0 aromatic rings. The van der Waals surface area contributed by atoms with Crippen molar-refractivity contribution in [2.24, 2.45) is 45.8 Å². The summed E-state index contributed by atoms with van der Waals surface area (Å²) in [6.45, 7) is 14.9. The minimum atomic E-state index is -1.58. The third-order valence-corrected chi connectivity index (χ3v) is 13.7. The van der Waals surface area contributed by atoms with E-state index in [-0.39, 0.29) is 29.8 Å². The molecule has 4 aliphatic carbocycles. The zero-order valence-electron chi connectivity index (χ0n) is 28.6. The maximum Gasteiger partial charge on any atom is 0.508 e. The van der Waals surface area contributed by atoms with Crippen LogP contribution in [0.25, 0.3) is 0 Å². The van der Waals surface area contributed by atoms with Gasteiger partial charge in [-0.3, -0.25) is 9.59 Å². The number of esters is 3. The summed E-state index contributed by atoms with van der Waals surface area (Å²) in [5, 5.41) is 13.2. The molecule has 6 fully saturated rings.